The molecule has 1 N–H and O–H groups in total. The summed E-state index contributed by atoms with van der Waals surface area (Å²) in [6, 6.07) is 10.9. The molecule has 0 unspecified atom stereocenters. The third-order valence-corrected chi connectivity index (χ3v) is 2.98. The highest BCUT2D eigenvalue weighted by molar-refractivity contribution is 9.10. The van der Waals surface area contributed by atoms with Crippen LogP contribution in [0.25, 0.3) is 0 Å². The van der Waals surface area contributed by atoms with Crippen LogP contribution < -0.4 is 5.32 Å². The summed E-state index contributed by atoms with van der Waals surface area (Å²) in [5.74, 6) is 1.000. The molecule has 0 spiro atoms. The number of hydrogen-bond donors (Lipinski definition) is 1. The van der Waals surface area contributed by atoms with E-state index < -0.39 is 0 Å². The van der Waals surface area contributed by atoms with Crippen LogP contribution in [0.15, 0.2) is 39.2 Å². The maximum absolute atomic E-state index is 8.63. The Morgan fingerprint density at radius 2 is 2.18 bits per heavy atom. The van der Waals surface area contributed by atoms with E-state index in [2.05, 4.69) is 21.2 Å². The molecular weight excluding hydrogens is 304 g/mol. The van der Waals surface area contributed by atoms with Crippen LogP contribution in [0, 0.1) is 11.3 Å². The fraction of sp³-hybridized carbons (Fsp3) is 0.0833. The van der Waals surface area contributed by atoms with Crippen molar-refractivity contribution in [2.75, 3.05) is 5.32 Å². The van der Waals surface area contributed by atoms with Crippen molar-refractivity contribution in [1.29, 1.82) is 5.26 Å². The van der Waals surface area contributed by atoms with E-state index in [1.807, 2.05) is 18.2 Å². The molecule has 17 heavy (non-hydrogen) atoms. The Kier molecular flexibility index (Phi) is 3.72. The van der Waals surface area contributed by atoms with Crippen LogP contribution in [0.5, 0.6) is 0 Å². The van der Waals surface area contributed by atoms with E-state index in [9.17, 15) is 0 Å². The van der Waals surface area contributed by atoms with E-state index in [1.165, 1.54) is 0 Å². The molecule has 0 bridgehead atoms. The molecule has 0 aliphatic carbocycles. The van der Waals surface area contributed by atoms with E-state index in [0.29, 0.717) is 23.1 Å². The smallest absolute Gasteiger partial charge is 0.203 e. The average molecular weight is 312 g/mol. The summed E-state index contributed by atoms with van der Waals surface area (Å²) in [5, 5.41) is 12.4. The van der Waals surface area contributed by atoms with Crippen LogP contribution in [0.3, 0.4) is 0 Å². The van der Waals surface area contributed by atoms with Gasteiger partial charge in [0.1, 0.15) is 11.8 Å². The van der Waals surface area contributed by atoms with Gasteiger partial charge in [-0.3, -0.25) is 0 Å². The molecule has 1 aromatic carbocycles. The molecule has 0 aliphatic heterocycles. The monoisotopic (exact) mass is 310 g/mol. The first kappa shape index (κ1) is 12.0. The molecule has 5 heteroatoms. The van der Waals surface area contributed by atoms with Gasteiger partial charge in [0.15, 0.2) is 0 Å². The zero-order chi connectivity index (χ0) is 12.3. The second kappa shape index (κ2) is 5.26. The quantitative estimate of drug-likeness (QED) is 0.925. The van der Waals surface area contributed by atoms with Gasteiger partial charge in [0.25, 0.3) is 0 Å². The minimum absolute atomic E-state index is 0.308. The van der Waals surface area contributed by atoms with Gasteiger partial charge in [-0.1, -0.05) is 27.5 Å². The third kappa shape index (κ3) is 3.02. The number of furan rings is 1. The van der Waals surface area contributed by atoms with Gasteiger partial charge in [0.2, 0.25) is 5.76 Å². The van der Waals surface area contributed by atoms with Gasteiger partial charge < -0.3 is 9.73 Å². The van der Waals surface area contributed by atoms with E-state index >= 15 is 0 Å². The van der Waals surface area contributed by atoms with E-state index in [-0.39, 0.29) is 0 Å². The fourth-order valence-corrected chi connectivity index (χ4v) is 1.89. The van der Waals surface area contributed by atoms with Crippen LogP contribution >= 0.6 is 27.5 Å². The number of anilines is 1. The number of hydrogen-bond acceptors (Lipinski definition) is 3. The Labute approximate surface area is 112 Å². The van der Waals surface area contributed by atoms with Crippen LogP contribution in [-0.4, -0.2) is 0 Å². The lowest BCUT2D eigenvalue weighted by molar-refractivity contribution is 0.506. The van der Waals surface area contributed by atoms with Gasteiger partial charge in [-0.2, -0.15) is 5.26 Å². The lowest BCUT2D eigenvalue weighted by Gasteiger charge is -2.06. The lowest BCUT2D eigenvalue weighted by Crippen LogP contribution is -1.98. The van der Waals surface area contributed by atoms with Crippen molar-refractivity contribution >= 4 is 33.2 Å². The zero-order valence-electron chi connectivity index (χ0n) is 8.71. The first-order valence-electron chi connectivity index (χ1n) is 4.87. The molecule has 86 valence electrons. The molecule has 0 atom stereocenters. The van der Waals surface area contributed by atoms with Gasteiger partial charge in [-0.25, -0.2) is 0 Å². The molecule has 0 fully saturated rings. The minimum Gasteiger partial charge on any atom is -0.449 e. The lowest BCUT2D eigenvalue weighted by atomic mass is 10.3. The number of nitriles is 1. The highest BCUT2D eigenvalue weighted by atomic mass is 79.9. The summed E-state index contributed by atoms with van der Waals surface area (Å²) < 4.78 is 6.19. The standard InChI is InChI=1S/C12H8BrClN2O/c13-8-1-4-11(14)12(5-8)16-7-10-3-2-9(6-15)17-10/h1-5,16H,7H2. The third-order valence-electron chi connectivity index (χ3n) is 2.15. The molecule has 0 saturated heterocycles. The number of rotatable bonds is 3. The first-order chi connectivity index (χ1) is 8.19. The molecular formula is C12H8BrClN2O. The van der Waals surface area contributed by atoms with Gasteiger partial charge in [0, 0.05) is 4.47 Å². The highest BCUT2D eigenvalue weighted by Gasteiger charge is 2.03. The molecule has 0 radical (unpaired) electrons. The zero-order valence-corrected chi connectivity index (χ0v) is 11.0. The molecule has 0 saturated carbocycles. The molecule has 2 aromatic rings. The van der Waals surface area contributed by atoms with Gasteiger partial charge in [-0.05, 0) is 30.3 Å². The maximum Gasteiger partial charge on any atom is 0.203 e. The van der Waals surface area contributed by atoms with Crippen LogP contribution in [0.4, 0.5) is 5.69 Å². The predicted molar refractivity (Wildman–Crippen MR) is 69.9 cm³/mol. The Morgan fingerprint density at radius 3 is 2.88 bits per heavy atom. The second-order valence-corrected chi connectivity index (χ2v) is 4.68. The van der Waals surface area contributed by atoms with Crippen molar-refractivity contribution in [3.05, 3.63) is 51.3 Å². The summed E-state index contributed by atoms with van der Waals surface area (Å²) in [5.41, 5.74) is 0.816. The highest BCUT2D eigenvalue weighted by Crippen LogP contribution is 2.26. The molecule has 1 aromatic heterocycles. The van der Waals surface area contributed by atoms with Gasteiger partial charge in [0.05, 0.1) is 17.3 Å². The number of halogens is 2. The van der Waals surface area contributed by atoms with Crippen molar-refractivity contribution in [2.24, 2.45) is 0 Å². The Hall–Kier alpha value is -1.44. The number of nitrogens with zero attached hydrogens (tertiary/aromatic N) is 1. The van der Waals surface area contributed by atoms with Crippen LogP contribution in [0.2, 0.25) is 5.02 Å². The van der Waals surface area contributed by atoms with Crippen LogP contribution in [0.1, 0.15) is 11.5 Å². The second-order valence-electron chi connectivity index (χ2n) is 3.36. The van der Waals surface area contributed by atoms with Gasteiger partial charge >= 0.3 is 0 Å². The molecule has 2 rings (SSSR count). The fourth-order valence-electron chi connectivity index (χ4n) is 1.35. The van der Waals surface area contributed by atoms with Crippen molar-refractivity contribution in [1.82, 2.24) is 0 Å². The molecule has 0 amide bonds. The SMILES string of the molecule is N#Cc1ccc(CNc2cc(Br)ccc2Cl)o1. The van der Waals surface area contributed by atoms with Crippen molar-refractivity contribution in [2.45, 2.75) is 6.54 Å². The molecule has 3 nitrogen and oxygen atoms in total. The summed E-state index contributed by atoms with van der Waals surface area (Å²) in [6.45, 7) is 0.484. The normalized spacial score (nSPS) is 9.94. The Balaban J connectivity index is 2.07. The molecule has 0 aliphatic rings. The van der Waals surface area contributed by atoms with Gasteiger partial charge in [-0.15, -0.1) is 0 Å². The van der Waals surface area contributed by atoms with Crippen molar-refractivity contribution in [3.8, 4) is 6.07 Å². The summed E-state index contributed by atoms with van der Waals surface area (Å²) in [6.07, 6.45) is 0. The predicted octanol–water partition coefficient (Wildman–Crippen LogP) is 4.18. The van der Waals surface area contributed by atoms with Crippen LogP contribution in [-0.2, 0) is 6.54 Å². The topological polar surface area (TPSA) is 49.0 Å². The first-order valence-corrected chi connectivity index (χ1v) is 6.04. The Morgan fingerprint density at radius 1 is 1.35 bits per heavy atom. The number of nitrogens with one attached hydrogen (secondary N) is 1. The average Bonchev–Trinajstić information content (AvgIpc) is 2.78. The van der Waals surface area contributed by atoms with E-state index in [1.54, 1.807) is 18.2 Å². The maximum atomic E-state index is 8.63. The van der Waals surface area contributed by atoms with Crippen molar-refractivity contribution < 1.29 is 4.42 Å². The number of benzene rings is 1. The molecule has 1 heterocycles. The van der Waals surface area contributed by atoms with Crippen molar-refractivity contribution in [3.63, 3.8) is 0 Å². The summed E-state index contributed by atoms with van der Waals surface area (Å²) >= 11 is 9.40. The van der Waals surface area contributed by atoms with E-state index in [4.69, 9.17) is 21.3 Å². The minimum atomic E-state index is 0.308. The summed E-state index contributed by atoms with van der Waals surface area (Å²) in [7, 11) is 0. The van der Waals surface area contributed by atoms with E-state index in [0.717, 1.165) is 10.2 Å². The summed E-state index contributed by atoms with van der Waals surface area (Å²) in [4.78, 5) is 0. The Bertz CT molecular complexity index is 574. The largest absolute Gasteiger partial charge is 0.449 e.